The molecule has 0 radical (unpaired) electrons. The van der Waals surface area contributed by atoms with E-state index in [2.05, 4.69) is 10.9 Å². The number of benzene rings is 1. The van der Waals surface area contributed by atoms with Crippen molar-refractivity contribution in [2.45, 2.75) is 20.0 Å². The second-order valence-electron chi connectivity index (χ2n) is 4.71. The number of hydrogen-bond acceptors (Lipinski definition) is 5. The highest BCUT2D eigenvalue weighted by Gasteiger charge is 2.16. The fourth-order valence-electron chi connectivity index (χ4n) is 1.76. The van der Waals surface area contributed by atoms with Crippen molar-refractivity contribution in [3.05, 3.63) is 45.6 Å². The van der Waals surface area contributed by atoms with E-state index in [9.17, 15) is 9.59 Å². The first kappa shape index (κ1) is 18.1. The summed E-state index contributed by atoms with van der Waals surface area (Å²) in [6.45, 7) is 4.06. The van der Waals surface area contributed by atoms with Crippen LogP contribution in [0.3, 0.4) is 0 Å². The van der Waals surface area contributed by atoms with Gasteiger partial charge in [0, 0.05) is 0 Å². The standard InChI is InChI=1S/C16H17ClN2O4S/c1-3-22-11-4-6-12(7-5-11)23-10(2)15(20)18-19-16(21)13-8-9-14(17)24-13/h4-10H,3H2,1-2H3,(H,18,20)(H,19,21)/t10-/m0/s1. The first-order chi connectivity index (χ1) is 11.5. The predicted molar refractivity (Wildman–Crippen MR) is 92.6 cm³/mol. The van der Waals surface area contributed by atoms with Crippen LogP contribution in [0.1, 0.15) is 23.5 Å². The Labute approximate surface area is 148 Å². The number of hydrazine groups is 1. The maximum Gasteiger partial charge on any atom is 0.279 e. The molecule has 0 aliphatic heterocycles. The third kappa shape index (κ3) is 5.14. The van der Waals surface area contributed by atoms with Gasteiger partial charge < -0.3 is 9.47 Å². The predicted octanol–water partition coefficient (Wildman–Crippen LogP) is 3.03. The van der Waals surface area contributed by atoms with Gasteiger partial charge in [0.1, 0.15) is 11.5 Å². The molecule has 0 unspecified atom stereocenters. The van der Waals surface area contributed by atoms with Crippen molar-refractivity contribution < 1.29 is 19.1 Å². The van der Waals surface area contributed by atoms with Gasteiger partial charge in [-0.1, -0.05) is 11.6 Å². The van der Waals surface area contributed by atoms with E-state index >= 15 is 0 Å². The number of rotatable bonds is 6. The van der Waals surface area contributed by atoms with Crippen LogP contribution in [0.25, 0.3) is 0 Å². The van der Waals surface area contributed by atoms with E-state index in [4.69, 9.17) is 21.1 Å². The molecule has 2 aromatic rings. The van der Waals surface area contributed by atoms with Crippen LogP contribution in [0.5, 0.6) is 11.5 Å². The van der Waals surface area contributed by atoms with Crippen molar-refractivity contribution >= 4 is 34.8 Å². The first-order valence-corrected chi connectivity index (χ1v) is 8.44. The molecule has 1 heterocycles. The molecule has 0 bridgehead atoms. The SMILES string of the molecule is CCOc1ccc(O[C@@H](C)C(=O)NNC(=O)c2ccc(Cl)s2)cc1. The summed E-state index contributed by atoms with van der Waals surface area (Å²) in [6.07, 6.45) is -0.782. The first-order valence-electron chi connectivity index (χ1n) is 7.24. The van der Waals surface area contributed by atoms with Crippen LogP contribution >= 0.6 is 22.9 Å². The highest BCUT2D eigenvalue weighted by Crippen LogP contribution is 2.21. The van der Waals surface area contributed by atoms with Crippen LogP contribution in [-0.2, 0) is 4.79 Å². The van der Waals surface area contributed by atoms with E-state index in [1.165, 1.54) is 0 Å². The molecule has 0 spiro atoms. The second kappa shape index (κ2) is 8.56. The lowest BCUT2D eigenvalue weighted by molar-refractivity contribution is -0.128. The molecule has 128 valence electrons. The maximum atomic E-state index is 12.0. The minimum Gasteiger partial charge on any atom is -0.494 e. The van der Waals surface area contributed by atoms with Gasteiger partial charge in [-0.15, -0.1) is 11.3 Å². The van der Waals surface area contributed by atoms with Crippen molar-refractivity contribution in [3.63, 3.8) is 0 Å². The van der Waals surface area contributed by atoms with Crippen LogP contribution in [-0.4, -0.2) is 24.5 Å². The molecular weight excluding hydrogens is 352 g/mol. The Morgan fingerprint density at radius 2 is 1.79 bits per heavy atom. The molecule has 8 heteroatoms. The summed E-state index contributed by atoms with van der Waals surface area (Å²) in [7, 11) is 0. The number of amides is 2. The number of ether oxygens (including phenoxy) is 2. The molecule has 24 heavy (non-hydrogen) atoms. The fraction of sp³-hybridized carbons (Fsp3) is 0.250. The lowest BCUT2D eigenvalue weighted by Crippen LogP contribution is -2.47. The quantitative estimate of drug-likeness (QED) is 0.768. The van der Waals surface area contributed by atoms with Gasteiger partial charge in [0.05, 0.1) is 15.8 Å². The van der Waals surface area contributed by atoms with Crippen molar-refractivity contribution in [1.82, 2.24) is 10.9 Å². The molecule has 2 amide bonds. The molecule has 6 nitrogen and oxygen atoms in total. The Balaban J connectivity index is 1.82. The molecule has 0 saturated heterocycles. The van der Waals surface area contributed by atoms with Gasteiger partial charge >= 0.3 is 0 Å². The fourth-order valence-corrected chi connectivity index (χ4v) is 2.70. The van der Waals surface area contributed by atoms with Gasteiger partial charge in [-0.25, -0.2) is 0 Å². The molecule has 2 N–H and O–H groups in total. The summed E-state index contributed by atoms with van der Waals surface area (Å²) < 4.78 is 11.3. The molecule has 2 rings (SSSR count). The zero-order chi connectivity index (χ0) is 17.5. The minimum atomic E-state index is -0.782. The molecule has 1 aromatic carbocycles. The molecule has 1 atom stereocenters. The van der Waals surface area contributed by atoms with Crippen molar-refractivity contribution in [2.75, 3.05) is 6.61 Å². The van der Waals surface area contributed by atoms with Crippen LogP contribution in [0.2, 0.25) is 4.34 Å². The number of thiophene rings is 1. The van der Waals surface area contributed by atoms with E-state index in [1.54, 1.807) is 43.3 Å². The summed E-state index contributed by atoms with van der Waals surface area (Å²) >= 11 is 6.88. The molecular formula is C16H17ClN2O4S. The smallest absolute Gasteiger partial charge is 0.279 e. The van der Waals surface area contributed by atoms with Gasteiger partial charge in [0.25, 0.3) is 11.8 Å². The van der Waals surface area contributed by atoms with Crippen LogP contribution < -0.4 is 20.3 Å². The summed E-state index contributed by atoms with van der Waals surface area (Å²) in [5.74, 6) is 0.342. The van der Waals surface area contributed by atoms with Gasteiger partial charge in [0.2, 0.25) is 0 Å². The summed E-state index contributed by atoms with van der Waals surface area (Å²) in [4.78, 5) is 24.2. The van der Waals surface area contributed by atoms with Crippen LogP contribution in [0.15, 0.2) is 36.4 Å². The van der Waals surface area contributed by atoms with E-state index in [1.807, 2.05) is 6.92 Å². The molecule has 0 saturated carbocycles. The minimum absolute atomic E-state index is 0.403. The van der Waals surface area contributed by atoms with Crippen molar-refractivity contribution in [3.8, 4) is 11.5 Å². The molecule has 0 fully saturated rings. The van der Waals surface area contributed by atoms with E-state index < -0.39 is 17.9 Å². The zero-order valence-corrected chi connectivity index (χ0v) is 14.7. The van der Waals surface area contributed by atoms with Gasteiger partial charge in [0.15, 0.2) is 6.10 Å². The third-order valence-corrected chi connectivity index (χ3v) is 4.14. The van der Waals surface area contributed by atoms with Gasteiger partial charge in [-0.3, -0.25) is 20.4 Å². The zero-order valence-electron chi connectivity index (χ0n) is 13.2. The normalized spacial score (nSPS) is 11.5. The van der Waals surface area contributed by atoms with E-state index in [0.717, 1.165) is 17.1 Å². The molecule has 0 aliphatic carbocycles. The highest BCUT2D eigenvalue weighted by molar-refractivity contribution is 7.17. The third-order valence-electron chi connectivity index (χ3n) is 2.91. The lowest BCUT2D eigenvalue weighted by Gasteiger charge is -2.15. The van der Waals surface area contributed by atoms with E-state index in [-0.39, 0.29) is 0 Å². The Morgan fingerprint density at radius 3 is 2.38 bits per heavy atom. The van der Waals surface area contributed by atoms with Gasteiger partial charge in [-0.05, 0) is 50.2 Å². The Bertz CT molecular complexity index is 702. The van der Waals surface area contributed by atoms with E-state index in [0.29, 0.717) is 21.6 Å². The van der Waals surface area contributed by atoms with Gasteiger partial charge in [-0.2, -0.15) is 0 Å². The van der Waals surface area contributed by atoms with Crippen LogP contribution in [0.4, 0.5) is 0 Å². The van der Waals surface area contributed by atoms with Crippen LogP contribution in [0, 0.1) is 0 Å². The summed E-state index contributed by atoms with van der Waals surface area (Å²) in [6, 6.07) is 10.1. The number of carbonyl (C=O) groups excluding carboxylic acids is 2. The Morgan fingerprint density at radius 1 is 1.12 bits per heavy atom. The average Bonchev–Trinajstić information content (AvgIpc) is 3.01. The number of carbonyl (C=O) groups is 2. The summed E-state index contributed by atoms with van der Waals surface area (Å²) in [5, 5.41) is 0. The van der Waals surface area contributed by atoms with Crippen molar-refractivity contribution in [2.24, 2.45) is 0 Å². The maximum absolute atomic E-state index is 12.0. The number of halogens is 1. The topological polar surface area (TPSA) is 76.7 Å². The lowest BCUT2D eigenvalue weighted by atomic mass is 10.3. The number of hydrogen-bond donors (Lipinski definition) is 2. The monoisotopic (exact) mass is 368 g/mol. The second-order valence-corrected chi connectivity index (χ2v) is 6.43. The summed E-state index contributed by atoms with van der Waals surface area (Å²) in [5.41, 5.74) is 4.64. The highest BCUT2D eigenvalue weighted by atomic mass is 35.5. The molecule has 0 aliphatic rings. The molecule has 1 aromatic heterocycles. The largest absolute Gasteiger partial charge is 0.494 e. The Hall–Kier alpha value is -2.25. The van der Waals surface area contributed by atoms with Crippen molar-refractivity contribution in [1.29, 1.82) is 0 Å². The Kier molecular flexibility index (Phi) is 6.45. The average molecular weight is 369 g/mol. The number of nitrogens with one attached hydrogen (secondary N) is 2.